The number of aliphatic carboxylic acids is 1. The Labute approximate surface area is 78.2 Å². The molecular weight excluding hydrogens is 170 g/mol. The van der Waals surface area contributed by atoms with Crippen LogP contribution in [-0.4, -0.2) is 46.8 Å². The number of carbonyl (C=O) groups is 1. The highest BCUT2D eigenvalue weighted by atomic mass is 16.4. The number of rotatable bonds is 3. The summed E-state index contributed by atoms with van der Waals surface area (Å²) in [6.45, 7) is 5.36. The van der Waals surface area contributed by atoms with E-state index in [2.05, 4.69) is 6.92 Å². The van der Waals surface area contributed by atoms with Gasteiger partial charge in [-0.1, -0.05) is 0 Å². The Morgan fingerprint density at radius 2 is 2.38 bits per heavy atom. The van der Waals surface area contributed by atoms with E-state index in [1.54, 1.807) is 0 Å². The lowest BCUT2D eigenvalue weighted by atomic mass is 9.98. The summed E-state index contributed by atoms with van der Waals surface area (Å²) in [5.41, 5.74) is 0. The number of likely N-dealkylation sites (tertiary alicyclic amines) is 1. The lowest BCUT2D eigenvalue weighted by molar-refractivity contribution is -0.143. The first-order valence-electron chi connectivity index (χ1n) is 4.56. The monoisotopic (exact) mass is 186 g/mol. The van der Waals surface area contributed by atoms with Crippen LogP contribution in [0.3, 0.4) is 0 Å². The zero-order valence-corrected chi connectivity index (χ0v) is 7.65. The molecule has 4 heteroatoms. The van der Waals surface area contributed by atoms with Gasteiger partial charge in [0.25, 0.3) is 0 Å². The molecule has 2 unspecified atom stereocenters. The molecule has 1 rings (SSSR count). The minimum absolute atomic E-state index is 0.271. The number of aliphatic hydroxyl groups is 1. The summed E-state index contributed by atoms with van der Waals surface area (Å²) >= 11 is 0. The molecule has 1 heterocycles. The highest BCUT2D eigenvalue weighted by Crippen LogP contribution is 2.16. The van der Waals surface area contributed by atoms with Gasteiger partial charge in [-0.3, -0.25) is 9.69 Å². The SMILES string of the molecule is [CH2]C(O)CN1CCCC(C(=O)O)C1. The highest BCUT2D eigenvalue weighted by molar-refractivity contribution is 5.70. The van der Waals surface area contributed by atoms with Crippen LogP contribution in [0.15, 0.2) is 0 Å². The molecule has 1 aliphatic rings. The molecular formula is C9H16NO3. The highest BCUT2D eigenvalue weighted by Gasteiger charge is 2.25. The second-order valence-corrected chi connectivity index (χ2v) is 3.59. The quantitative estimate of drug-likeness (QED) is 0.650. The van der Waals surface area contributed by atoms with Crippen LogP contribution in [-0.2, 0) is 4.79 Å². The third-order valence-corrected chi connectivity index (χ3v) is 2.32. The first-order valence-corrected chi connectivity index (χ1v) is 4.56. The summed E-state index contributed by atoms with van der Waals surface area (Å²) in [5, 5.41) is 17.8. The van der Waals surface area contributed by atoms with Gasteiger partial charge in [-0.15, -0.1) is 0 Å². The number of aliphatic hydroxyl groups excluding tert-OH is 1. The van der Waals surface area contributed by atoms with E-state index >= 15 is 0 Å². The van der Waals surface area contributed by atoms with E-state index in [1.165, 1.54) is 0 Å². The number of hydrogen-bond donors (Lipinski definition) is 2. The second-order valence-electron chi connectivity index (χ2n) is 3.59. The van der Waals surface area contributed by atoms with E-state index in [4.69, 9.17) is 10.2 Å². The van der Waals surface area contributed by atoms with Crippen molar-refractivity contribution in [1.82, 2.24) is 4.90 Å². The maximum Gasteiger partial charge on any atom is 0.307 e. The molecule has 0 saturated carbocycles. The Morgan fingerprint density at radius 3 is 2.92 bits per heavy atom. The minimum atomic E-state index is -0.733. The van der Waals surface area contributed by atoms with Crippen molar-refractivity contribution >= 4 is 5.97 Å². The molecule has 13 heavy (non-hydrogen) atoms. The summed E-state index contributed by atoms with van der Waals surface area (Å²) in [5.74, 6) is -1.00. The van der Waals surface area contributed by atoms with Gasteiger partial charge < -0.3 is 10.2 Å². The lowest BCUT2D eigenvalue weighted by Gasteiger charge is -2.31. The molecule has 0 bridgehead atoms. The predicted molar refractivity (Wildman–Crippen MR) is 48.2 cm³/mol. The van der Waals surface area contributed by atoms with E-state index in [0.717, 1.165) is 19.4 Å². The van der Waals surface area contributed by atoms with Gasteiger partial charge in [0.1, 0.15) is 0 Å². The van der Waals surface area contributed by atoms with Crippen LogP contribution in [0.25, 0.3) is 0 Å². The Bertz CT molecular complexity index is 182. The third kappa shape index (κ3) is 3.32. The van der Waals surface area contributed by atoms with E-state index in [0.29, 0.717) is 13.1 Å². The molecule has 1 fully saturated rings. The average Bonchev–Trinajstić information content (AvgIpc) is 2.03. The molecule has 75 valence electrons. The summed E-state index contributed by atoms with van der Waals surface area (Å²) in [6.07, 6.45) is 1.02. The van der Waals surface area contributed by atoms with Gasteiger partial charge in [-0.05, 0) is 26.3 Å². The first-order chi connectivity index (χ1) is 6.09. The van der Waals surface area contributed by atoms with E-state index < -0.39 is 12.1 Å². The van der Waals surface area contributed by atoms with Gasteiger partial charge in [0.15, 0.2) is 0 Å². The number of β-amino-alcohol motifs (C(OH)–C–C–N with tert-alkyl or cyclic N) is 1. The van der Waals surface area contributed by atoms with Crippen molar-refractivity contribution in [2.75, 3.05) is 19.6 Å². The number of nitrogens with zero attached hydrogens (tertiary/aromatic N) is 1. The number of carboxylic acid groups (broad SMARTS) is 1. The summed E-state index contributed by atoms with van der Waals surface area (Å²) in [7, 11) is 0. The molecule has 0 aliphatic carbocycles. The van der Waals surface area contributed by atoms with Crippen molar-refractivity contribution in [3.63, 3.8) is 0 Å². The molecule has 4 nitrogen and oxygen atoms in total. The normalized spacial score (nSPS) is 27.1. The van der Waals surface area contributed by atoms with Gasteiger partial charge in [-0.2, -0.15) is 0 Å². The Kier molecular flexibility index (Phi) is 3.69. The predicted octanol–water partition coefficient (Wildman–Crippen LogP) is -0.0220. The first kappa shape index (κ1) is 10.5. The fourth-order valence-corrected chi connectivity index (χ4v) is 1.72. The van der Waals surface area contributed by atoms with Crippen LogP contribution in [0.5, 0.6) is 0 Å². The fourth-order valence-electron chi connectivity index (χ4n) is 1.72. The van der Waals surface area contributed by atoms with Crippen molar-refractivity contribution in [2.45, 2.75) is 18.9 Å². The van der Waals surface area contributed by atoms with Gasteiger partial charge in [0, 0.05) is 13.1 Å². The molecule has 2 atom stereocenters. The van der Waals surface area contributed by atoms with Crippen molar-refractivity contribution in [3.05, 3.63) is 6.92 Å². The maximum absolute atomic E-state index is 10.7. The third-order valence-electron chi connectivity index (χ3n) is 2.32. The molecule has 0 aromatic rings. The smallest absolute Gasteiger partial charge is 0.307 e. The molecule has 0 aromatic heterocycles. The Hall–Kier alpha value is -0.610. The van der Waals surface area contributed by atoms with Crippen molar-refractivity contribution in [2.24, 2.45) is 5.92 Å². The summed E-state index contributed by atoms with van der Waals surface area (Å²) in [4.78, 5) is 12.6. The zero-order valence-electron chi connectivity index (χ0n) is 7.65. The van der Waals surface area contributed by atoms with Crippen LogP contribution in [0.4, 0.5) is 0 Å². The van der Waals surface area contributed by atoms with Crippen LogP contribution < -0.4 is 0 Å². The standard InChI is InChI=1S/C9H16NO3/c1-7(11)5-10-4-2-3-8(6-10)9(12)13/h7-8,11H,1-6H2,(H,12,13). The van der Waals surface area contributed by atoms with E-state index in [9.17, 15) is 4.79 Å². The molecule has 1 saturated heterocycles. The van der Waals surface area contributed by atoms with Crippen LogP contribution in [0.2, 0.25) is 0 Å². The Balaban J connectivity index is 2.37. The summed E-state index contributed by atoms with van der Waals surface area (Å²) < 4.78 is 0. The average molecular weight is 186 g/mol. The number of carboxylic acids is 1. The van der Waals surface area contributed by atoms with Crippen LogP contribution in [0, 0.1) is 12.8 Å². The topological polar surface area (TPSA) is 60.8 Å². The van der Waals surface area contributed by atoms with Gasteiger partial charge >= 0.3 is 5.97 Å². The minimum Gasteiger partial charge on any atom is -0.481 e. The molecule has 0 spiro atoms. The maximum atomic E-state index is 10.7. The zero-order chi connectivity index (χ0) is 9.84. The molecule has 1 radical (unpaired) electrons. The number of piperidine rings is 1. The second kappa shape index (κ2) is 4.58. The Morgan fingerprint density at radius 1 is 1.69 bits per heavy atom. The number of hydrogen-bond acceptors (Lipinski definition) is 3. The van der Waals surface area contributed by atoms with Crippen LogP contribution in [0.1, 0.15) is 12.8 Å². The molecule has 0 aromatic carbocycles. The van der Waals surface area contributed by atoms with E-state index in [-0.39, 0.29) is 5.92 Å². The van der Waals surface area contributed by atoms with Crippen molar-refractivity contribution in [3.8, 4) is 0 Å². The molecule has 0 amide bonds. The van der Waals surface area contributed by atoms with Gasteiger partial charge in [0.05, 0.1) is 12.0 Å². The summed E-state index contributed by atoms with van der Waals surface area (Å²) in [6, 6.07) is 0. The van der Waals surface area contributed by atoms with Gasteiger partial charge in [-0.25, -0.2) is 0 Å². The molecule has 1 aliphatic heterocycles. The van der Waals surface area contributed by atoms with Crippen molar-refractivity contribution < 1.29 is 15.0 Å². The molecule has 2 N–H and O–H groups in total. The van der Waals surface area contributed by atoms with E-state index in [1.807, 2.05) is 4.90 Å². The fraction of sp³-hybridized carbons (Fsp3) is 0.778. The largest absolute Gasteiger partial charge is 0.481 e. The van der Waals surface area contributed by atoms with Crippen molar-refractivity contribution in [1.29, 1.82) is 0 Å². The van der Waals surface area contributed by atoms with Crippen LogP contribution >= 0.6 is 0 Å². The van der Waals surface area contributed by atoms with Gasteiger partial charge in [0.2, 0.25) is 0 Å². The lowest BCUT2D eigenvalue weighted by Crippen LogP contribution is -2.41.